The molecular formula is C12H17ClN2O3. The second kappa shape index (κ2) is 6.11. The molecule has 0 aliphatic carbocycles. The molecule has 0 fully saturated rings. The molecule has 1 aromatic heterocycles. The predicted molar refractivity (Wildman–Crippen MR) is 67.7 cm³/mol. The van der Waals surface area contributed by atoms with E-state index in [-0.39, 0.29) is 17.3 Å². The van der Waals surface area contributed by atoms with Crippen molar-refractivity contribution in [2.24, 2.45) is 0 Å². The average molecular weight is 273 g/mol. The first-order valence-corrected chi connectivity index (χ1v) is 6.14. The van der Waals surface area contributed by atoms with Crippen molar-refractivity contribution in [2.75, 3.05) is 13.2 Å². The number of rotatable bonds is 5. The van der Waals surface area contributed by atoms with Crippen LogP contribution in [-0.2, 0) is 15.1 Å². The number of esters is 1. The highest BCUT2D eigenvalue weighted by Gasteiger charge is 2.26. The Hall–Kier alpha value is -1.20. The third-order valence-corrected chi connectivity index (χ3v) is 2.57. The van der Waals surface area contributed by atoms with Crippen LogP contribution in [0.1, 0.15) is 43.9 Å². The van der Waals surface area contributed by atoms with Crippen LogP contribution in [0.25, 0.3) is 0 Å². The molecule has 0 radical (unpaired) electrons. The lowest BCUT2D eigenvalue weighted by atomic mass is 10.1. The van der Waals surface area contributed by atoms with Crippen LogP contribution in [0.15, 0.2) is 6.20 Å². The van der Waals surface area contributed by atoms with E-state index < -0.39 is 11.6 Å². The molecule has 0 saturated heterocycles. The average Bonchev–Trinajstić information content (AvgIpc) is 2.29. The SMILES string of the molecule is CCOC(=O)c1cnc(C(C)(C)OCC)nc1Cl. The van der Waals surface area contributed by atoms with Crippen molar-refractivity contribution in [1.29, 1.82) is 0 Å². The Balaban J connectivity index is 3.02. The van der Waals surface area contributed by atoms with E-state index in [9.17, 15) is 4.79 Å². The van der Waals surface area contributed by atoms with Gasteiger partial charge in [0.25, 0.3) is 0 Å². The standard InChI is InChI=1S/C12H17ClN2O3/c1-5-17-10(16)8-7-14-11(15-9(8)13)12(3,4)18-6-2/h7H,5-6H2,1-4H3. The van der Waals surface area contributed by atoms with Gasteiger partial charge in [0.05, 0.1) is 6.61 Å². The zero-order chi connectivity index (χ0) is 13.8. The largest absolute Gasteiger partial charge is 0.462 e. The fraction of sp³-hybridized carbons (Fsp3) is 0.583. The molecule has 0 bridgehead atoms. The van der Waals surface area contributed by atoms with Crippen LogP contribution in [0.2, 0.25) is 5.15 Å². The fourth-order valence-electron chi connectivity index (χ4n) is 1.42. The molecule has 0 aromatic carbocycles. The minimum absolute atomic E-state index is 0.0752. The number of hydrogen-bond acceptors (Lipinski definition) is 5. The van der Waals surface area contributed by atoms with Crippen LogP contribution in [0.3, 0.4) is 0 Å². The Morgan fingerprint density at radius 1 is 1.39 bits per heavy atom. The number of halogens is 1. The van der Waals surface area contributed by atoms with Crippen molar-refractivity contribution < 1.29 is 14.3 Å². The third-order valence-electron chi connectivity index (χ3n) is 2.28. The number of hydrogen-bond donors (Lipinski definition) is 0. The van der Waals surface area contributed by atoms with Gasteiger partial charge in [-0.2, -0.15) is 0 Å². The van der Waals surface area contributed by atoms with Gasteiger partial charge < -0.3 is 9.47 Å². The minimum atomic E-state index is -0.647. The predicted octanol–water partition coefficient (Wildman–Crippen LogP) is 2.58. The van der Waals surface area contributed by atoms with E-state index >= 15 is 0 Å². The van der Waals surface area contributed by atoms with E-state index in [0.717, 1.165) is 0 Å². The molecule has 18 heavy (non-hydrogen) atoms. The molecule has 1 aromatic rings. The maximum atomic E-state index is 11.5. The van der Waals surface area contributed by atoms with Crippen LogP contribution in [-0.4, -0.2) is 29.2 Å². The van der Waals surface area contributed by atoms with E-state index in [2.05, 4.69) is 9.97 Å². The maximum absolute atomic E-state index is 11.5. The number of nitrogens with zero attached hydrogens (tertiary/aromatic N) is 2. The quantitative estimate of drug-likeness (QED) is 0.609. The van der Waals surface area contributed by atoms with Gasteiger partial charge in [-0.05, 0) is 27.7 Å². The highest BCUT2D eigenvalue weighted by molar-refractivity contribution is 6.32. The Bertz CT molecular complexity index is 435. The summed E-state index contributed by atoms with van der Waals surface area (Å²) in [4.78, 5) is 19.7. The number of carbonyl (C=O) groups excluding carboxylic acids is 1. The van der Waals surface area contributed by atoms with Crippen molar-refractivity contribution >= 4 is 17.6 Å². The molecule has 0 aliphatic heterocycles. The third kappa shape index (κ3) is 3.40. The fourth-order valence-corrected chi connectivity index (χ4v) is 1.63. The summed E-state index contributed by atoms with van der Waals surface area (Å²) < 4.78 is 10.4. The normalized spacial score (nSPS) is 11.4. The minimum Gasteiger partial charge on any atom is -0.462 e. The van der Waals surface area contributed by atoms with E-state index in [1.165, 1.54) is 6.20 Å². The molecule has 0 spiro atoms. The Labute approximate surface area is 111 Å². The van der Waals surface area contributed by atoms with Crippen molar-refractivity contribution in [3.63, 3.8) is 0 Å². The van der Waals surface area contributed by atoms with Crippen LogP contribution in [0, 0.1) is 0 Å². The maximum Gasteiger partial charge on any atom is 0.342 e. The molecule has 6 heteroatoms. The Kier molecular flexibility index (Phi) is 5.04. The van der Waals surface area contributed by atoms with Crippen LogP contribution in [0.5, 0.6) is 0 Å². The van der Waals surface area contributed by atoms with Crippen molar-refractivity contribution in [3.05, 3.63) is 22.7 Å². The molecule has 5 nitrogen and oxygen atoms in total. The molecule has 0 saturated carbocycles. The lowest BCUT2D eigenvalue weighted by molar-refractivity contribution is -0.0208. The van der Waals surface area contributed by atoms with Crippen molar-refractivity contribution in [2.45, 2.75) is 33.3 Å². The van der Waals surface area contributed by atoms with Crippen LogP contribution < -0.4 is 0 Å². The Morgan fingerprint density at radius 3 is 2.56 bits per heavy atom. The van der Waals surface area contributed by atoms with E-state index in [1.54, 1.807) is 6.92 Å². The van der Waals surface area contributed by atoms with E-state index in [4.69, 9.17) is 21.1 Å². The molecule has 0 unspecified atom stereocenters. The smallest absolute Gasteiger partial charge is 0.342 e. The van der Waals surface area contributed by atoms with Gasteiger partial charge in [-0.3, -0.25) is 0 Å². The van der Waals surface area contributed by atoms with Gasteiger partial charge in [-0.1, -0.05) is 11.6 Å². The van der Waals surface area contributed by atoms with Gasteiger partial charge in [0.2, 0.25) is 0 Å². The summed E-state index contributed by atoms with van der Waals surface area (Å²) in [5, 5.41) is 0.0752. The molecule has 0 atom stereocenters. The van der Waals surface area contributed by atoms with Crippen molar-refractivity contribution in [1.82, 2.24) is 9.97 Å². The van der Waals surface area contributed by atoms with E-state index in [0.29, 0.717) is 12.4 Å². The summed E-state index contributed by atoms with van der Waals surface area (Å²) in [6, 6.07) is 0. The van der Waals surface area contributed by atoms with Crippen LogP contribution in [0.4, 0.5) is 0 Å². The highest BCUT2D eigenvalue weighted by atomic mass is 35.5. The summed E-state index contributed by atoms with van der Waals surface area (Å²) in [6.07, 6.45) is 1.36. The molecule has 1 rings (SSSR count). The summed E-state index contributed by atoms with van der Waals surface area (Å²) in [7, 11) is 0. The van der Waals surface area contributed by atoms with Gasteiger partial charge in [0.1, 0.15) is 16.3 Å². The molecule has 100 valence electrons. The topological polar surface area (TPSA) is 61.3 Å². The summed E-state index contributed by atoms with van der Waals surface area (Å²) in [5.74, 6) is -0.0920. The van der Waals surface area contributed by atoms with Gasteiger partial charge in [0, 0.05) is 12.8 Å². The molecule has 0 aliphatic rings. The molecule has 0 N–H and O–H groups in total. The monoisotopic (exact) mass is 272 g/mol. The lowest BCUT2D eigenvalue weighted by Crippen LogP contribution is -2.25. The molecular weight excluding hydrogens is 256 g/mol. The first-order valence-electron chi connectivity index (χ1n) is 5.76. The summed E-state index contributed by atoms with van der Waals surface area (Å²) >= 11 is 5.96. The van der Waals surface area contributed by atoms with Gasteiger partial charge >= 0.3 is 5.97 Å². The summed E-state index contributed by atoms with van der Waals surface area (Å²) in [5.41, 5.74) is -0.486. The molecule has 0 amide bonds. The number of carbonyl (C=O) groups is 1. The van der Waals surface area contributed by atoms with Gasteiger partial charge in [0.15, 0.2) is 5.82 Å². The van der Waals surface area contributed by atoms with E-state index in [1.807, 2.05) is 20.8 Å². The first-order chi connectivity index (χ1) is 8.42. The lowest BCUT2D eigenvalue weighted by Gasteiger charge is -2.23. The second-order valence-corrected chi connectivity index (χ2v) is 4.42. The van der Waals surface area contributed by atoms with Gasteiger partial charge in [-0.15, -0.1) is 0 Å². The molecule has 1 heterocycles. The summed E-state index contributed by atoms with van der Waals surface area (Å²) in [6.45, 7) is 8.10. The zero-order valence-corrected chi connectivity index (χ0v) is 11.7. The first kappa shape index (κ1) is 14.9. The van der Waals surface area contributed by atoms with Gasteiger partial charge in [-0.25, -0.2) is 14.8 Å². The second-order valence-electron chi connectivity index (χ2n) is 4.06. The zero-order valence-electron chi connectivity index (χ0n) is 11.0. The number of aromatic nitrogens is 2. The van der Waals surface area contributed by atoms with Crippen molar-refractivity contribution in [3.8, 4) is 0 Å². The number of ether oxygens (including phenoxy) is 2. The highest BCUT2D eigenvalue weighted by Crippen LogP contribution is 2.23. The Morgan fingerprint density at radius 2 is 2.06 bits per heavy atom. The van der Waals surface area contributed by atoms with Crippen LogP contribution >= 0.6 is 11.6 Å².